The molecule has 1 aromatic carbocycles. The number of benzene rings is 1. The summed E-state index contributed by atoms with van der Waals surface area (Å²) in [6.07, 6.45) is 1.00. The summed E-state index contributed by atoms with van der Waals surface area (Å²) in [5.41, 5.74) is 5.15. The largest absolute Gasteiger partial charge is 0.477 e. The van der Waals surface area contributed by atoms with Crippen LogP contribution in [0.15, 0.2) is 24.4 Å². The SMILES string of the molecule is Nc1c(C(=O)O)cnn1-c1ccc(F)cc1F. The summed E-state index contributed by atoms with van der Waals surface area (Å²) >= 11 is 0. The van der Waals surface area contributed by atoms with Crippen LogP contribution in [0.3, 0.4) is 0 Å². The third-order valence-electron chi connectivity index (χ3n) is 2.17. The average molecular weight is 239 g/mol. The number of hydrogen-bond acceptors (Lipinski definition) is 3. The molecule has 7 heteroatoms. The third-order valence-corrected chi connectivity index (χ3v) is 2.17. The lowest BCUT2D eigenvalue weighted by molar-refractivity contribution is 0.0698. The molecule has 0 aliphatic rings. The Morgan fingerprint density at radius 3 is 2.65 bits per heavy atom. The molecule has 0 aliphatic heterocycles. The summed E-state index contributed by atoms with van der Waals surface area (Å²) in [5, 5.41) is 12.4. The number of nitrogens with two attached hydrogens (primary N) is 1. The molecule has 1 heterocycles. The van der Waals surface area contributed by atoms with Crippen LogP contribution in [0.25, 0.3) is 5.69 Å². The molecule has 0 unspecified atom stereocenters. The smallest absolute Gasteiger partial charge is 0.341 e. The molecule has 3 N–H and O–H groups in total. The maximum Gasteiger partial charge on any atom is 0.341 e. The molecule has 0 amide bonds. The highest BCUT2D eigenvalue weighted by atomic mass is 19.1. The van der Waals surface area contributed by atoms with Crippen LogP contribution in [0.5, 0.6) is 0 Å². The molecule has 17 heavy (non-hydrogen) atoms. The number of hydrogen-bond donors (Lipinski definition) is 2. The van der Waals surface area contributed by atoms with Crippen LogP contribution in [-0.4, -0.2) is 20.9 Å². The Bertz CT molecular complexity index is 595. The molecule has 0 bridgehead atoms. The highest BCUT2D eigenvalue weighted by Gasteiger charge is 2.17. The average Bonchev–Trinajstić information content (AvgIpc) is 2.60. The number of aromatic carboxylic acids is 1. The Labute approximate surface area is 94.1 Å². The molecule has 2 rings (SSSR count). The summed E-state index contributed by atoms with van der Waals surface area (Å²) in [4.78, 5) is 10.7. The normalized spacial score (nSPS) is 10.5. The molecule has 0 radical (unpaired) electrons. The van der Waals surface area contributed by atoms with Crippen LogP contribution in [0, 0.1) is 11.6 Å². The van der Waals surface area contributed by atoms with Crippen molar-refractivity contribution in [1.82, 2.24) is 9.78 Å². The van der Waals surface area contributed by atoms with E-state index in [1.807, 2.05) is 0 Å². The lowest BCUT2D eigenvalue weighted by Gasteiger charge is -2.05. The first-order valence-electron chi connectivity index (χ1n) is 4.53. The molecule has 88 valence electrons. The van der Waals surface area contributed by atoms with Gasteiger partial charge in [0.1, 0.15) is 22.9 Å². The van der Waals surface area contributed by atoms with E-state index in [2.05, 4.69) is 5.10 Å². The van der Waals surface area contributed by atoms with Gasteiger partial charge in [-0.3, -0.25) is 0 Å². The van der Waals surface area contributed by atoms with Gasteiger partial charge in [-0.1, -0.05) is 0 Å². The number of carboxylic acids is 1. The minimum Gasteiger partial charge on any atom is -0.477 e. The summed E-state index contributed by atoms with van der Waals surface area (Å²) in [6, 6.07) is 2.82. The van der Waals surface area contributed by atoms with Crippen LogP contribution in [-0.2, 0) is 0 Å². The van der Waals surface area contributed by atoms with Crippen molar-refractivity contribution in [2.45, 2.75) is 0 Å². The van der Waals surface area contributed by atoms with Gasteiger partial charge < -0.3 is 10.8 Å². The number of nitrogens with zero attached hydrogens (tertiary/aromatic N) is 2. The fourth-order valence-corrected chi connectivity index (χ4v) is 1.37. The van der Waals surface area contributed by atoms with Gasteiger partial charge in [0.25, 0.3) is 0 Å². The molecule has 0 aliphatic carbocycles. The van der Waals surface area contributed by atoms with E-state index in [1.54, 1.807) is 0 Å². The Hall–Kier alpha value is -2.44. The second-order valence-corrected chi connectivity index (χ2v) is 3.26. The van der Waals surface area contributed by atoms with Crippen molar-refractivity contribution < 1.29 is 18.7 Å². The van der Waals surface area contributed by atoms with E-state index >= 15 is 0 Å². The number of carboxylic acid groups (broad SMARTS) is 1. The van der Waals surface area contributed by atoms with Crippen molar-refractivity contribution in [2.75, 3.05) is 5.73 Å². The van der Waals surface area contributed by atoms with E-state index in [4.69, 9.17) is 10.8 Å². The van der Waals surface area contributed by atoms with E-state index < -0.39 is 17.6 Å². The predicted molar refractivity (Wildman–Crippen MR) is 54.9 cm³/mol. The quantitative estimate of drug-likeness (QED) is 0.830. The van der Waals surface area contributed by atoms with E-state index in [0.29, 0.717) is 6.07 Å². The van der Waals surface area contributed by atoms with Gasteiger partial charge >= 0.3 is 5.97 Å². The van der Waals surface area contributed by atoms with Crippen molar-refractivity contribution in [3.63, 3.8) is 0 Å². The van der Waals surface area contributed by atoms with Crippen molar-refractivity contribution in [3.8, 4) is 5.69 Å². The van der Waals surface area contributed by atoms with E-state index in [-0.39, 0.29) is 17.1 Å². The van der Waals surface area contributed by atoms with E-state index in [1.165, 1.54) is 0 Å². The zero-order valence-electron chi connectivity index (χ0n) is 8.39. The molecule has 0 spiro atoms. The van der Waals surface area contributed by atoms with Gasteiger partial charge in [0.15, 0.2) is 5.82 Å². The summed E-state index contributed by atoms with van der Waals surface area (Å²) < 4.78 is 27.0. The van der Waals surface area contributed by atoms with E-state index in [0.717, 1.165) is 23.0 Å². The number of aromatic nitrogens is 2. The Morgan fingerprint density at radius 1 is 1.41 bits per heavy atom. The lowest BCUT2D eigenvalue weighted by Crippen LogP contribution is -2.07. The van der Waals surface area contributed by atoms with Crippen molar-refractivity contribution >= 4 is 11.8 Å². The molecular formula is C10H7F2N3O2. The van der Waals surface area contributed by atoms with E-state index in [9.17, 15) is 13.6 Å². The molecule has 0 saturated heterocycles. The van der Waals surface area contributed by atoms with Crippen molar-refractivity contribution in [3.05, 3.63) is 41.6 Å². The first kappa shape index (κ1) is 11.1. The number of anilines is 1. The van der Waals surface area contributed by atoms with Gasteiger partial charge in [0, 0.05) is 6.07 Å². The maximum absolute atomic E-state index is 13.4. The highest BCUT2D eigenvalue weighted by molar-refractivity contribution is 5.92. The summed E-state index contributed by atoms with van der Waals surface area (Å²) in [5.74, 6) is -3.11. The Kier molecular flexibility index (Phi) is 2.51. The molecule has 1 aromatic heterocycles. The second kappa shape index (κ2) is 3.85. The fourth-order valence-electron chi connectivity index (χ4n) is 1.37. The van der Waals surface area contributed by atoms with Gasteiger partial charge in [-0.05, 0) is 12.1 Å². The Morgan fingerprint density at radius 2 is 2.12 bits per heavy atom. The van der Waals surface area contributed by atoms with Crippen molar-refractivity contribution in [1.29, 1.82) is 0 Å². The Balaban J connectivity index is 2.57. The van der Waals surface area contributed by atoms with Gasteiger partial charge in [0.2, 0.25) is 0 Å². The van der Waals surface area contributed by atoms with Gasteiger partial charge in [-0.15, -0.1) is 0 Å². The maximum atomic E-state index is 13.4. The topological polar surface area (TPSA) is 81.1 Å². The number of nitrogen functional groups attached to an aromatic ring is 1. The molecule has 2 aromatic rings. The minimum absolute atomic E-state index is 0.114. The zero-order chi connectivity index (χ0) is 12.6. The first-order valence-corrected chi connectivity index (χ1v) is 4.53. The monoisotopic (exact) mass is 239 g/mol. The van der Waals surface area contributed by atoms with Gasteiger partial charge in [-0.2, -0.15) is 5.10 Å². The van der Waals surface area contributed by atoms with Crippen LogP contribution in [0.1, 0.15) is 10.4 Å². The minimum atomic E-state index is -1.27. The molecule has 0 atom stereocenters. The fraction of sp³-hybridized carbons (Fsp3) is 0. The van der Waals surface area contributed by atoms with Crippen LogP contribution in [0.4, 0.5) is 14.6 Å². The molecule has 5 nitrogen and oxygen atoms in total. The summed E-state index contributed by atoms with van der Waals surface area (Å²) in [6.45, 7) is 0. The number of halogens is 2. The molecule has 0 saturated carbocycles. The lowest BCUT2D eigenvalue weighted by atomic mass is 10.3. The number of rotatable bonds is 2. The summed E-state index contributed by atoms with van der Waals surface area (Å²) in [7, 11) is 0. The predicted octanol–water partition coefficient (Wildman–Crippen LogP) is 1.43. The second-order valence-electron chi connectivity index (χ2n) is 3.26. The molecule has 0 fully saturated rings. The highest BCUT2D eigenvalue weighted by Crippen LogP contribution is 2.20. The standard InChI is InChI=1S/C10H7F2N3O2/c11-5-1-2-8(7(12)3-5)15-9(13)6(4-14-15)10(16)17/h1-4H,13H2,(H,16,17). The van der Waals surface area contributed by atoms with Crippen molar-refractivity contribution in [2.24, 2.45) is 0 Å². The third kappa shape index (κ3) is 1.82. The molecular weight excluding hydrogens is 232 g/mol. The first-order chi connectivity index (χ1) is 8.00. The zero-order valence-corrected chi connectivity index (χ0v) is 8.39. The van der Waals surface area contributed by atoms with Crippen LogP contribution < -0.4 is 5.73 Å². The van der Waals surface area contributed by atoms with Gasteiger partial charge in [0.05, 0.1) is 6.20 Å². The number of carbonyl (C=O) groups is 1. The van der Waals surface area contributed by atoms with Gasteiger partial charge in [-0.25, -0.2) is 18.3 Å². The van der Waals surface area contributed by atoms with Crippen LogP contribution in [0.2, 0.25) is 0 Å². The van der Waals surface area contributed by atoms with Crippen LogP contribution >= 0.6 is 0 Å².